The Bertz CT molecular complexity index is 1210. The first-order chi connectivity index (χ1) is 14.2. The average Bonchev–Trinajstić information content (AvgIpc) is 3.22. The third-order valence-corrected chi connectivity index (χ3v) is 4.90. The van der Waals surface area contributed by atoms with Gasteiger partial charge in [0.05, 0.1) is 19.3 Å². The molecule has 156 valence electrons. The third-order valence-electron chi connectivity index (χ3n) is 4.90. The fourth-order valence-corrected chi connectivity index (χ4v) is 3.64. The van der Waals surface area contributed by atoms with Crippen LogP contribution in [-0.4, -0.2) is 43.3 Å². The van der Waals surface area contributed by atoms with E-state index in [1.165, 1.54) is 24.3 Å². The van der Waals surface area contributed by atoms with Crippen LogP contribution in [-0.2, 0) is 19.7 Å². The zero-order chi connectivity index (χ0) is 21.7. The highest BCUT2D eigenvalue weighted by atomic mass is 19.4. The fourth-order valence-electron chi connectivity index (χ4n) is 3.64. The molecule has 1 aliphatic heterocycles. The number of esters is 1. The van der Waals surface area contributed by atoms with Crippen molar-refractivity contribution in [2.75, 3.05) is 20.3 Å². The van der Waals surface area contributed by atoms with Crippen molar-refractivity contribution in [2.24, 2.45) is 4.99 Å². The second-order valence-electron chi connectivity index (χ2n) is 6.56. The number of ether oxygens (including phenoxy) is 2. The predicted molar refractivity (Wildman–Crippen MR) is 97.2 cm³/mol. The zero-order valence-electron chi connectivity index (χ0n) is 15.4. The van der Waals surface area contributed by atoms with Crippen molar-refractivity contribution in [2.45, 2.75) is 11.6 Å². The molecule has 2 heterocycles. The van der Waals surface area contributed by atoms with Gasteiger partial charge in [0.25, 0.3) is 5.41 Å². The topological polar surface area (TPSA) is 60.8 Å². The van der Waals surface area contributed by atoms with Gasteiger partial charge in [0.15, 0.2) is 5.82 Å². The van der Waals surface area contributed by atoms with Gasteiger partial charge in [-0.25, -0.2) is 13.8 Å². The minimum absolute atomic E-state index is 0.0398. The van der Waals surface area contributed by atoms with Crippen LogP contribution >= 0.6 is 0 Å². The van der Waals surface area contributed by atoms with Crippen molar-refractivity contribution in [1.29, 1.82) is 0 Å². The SMILES string of the molecule is COC(=O)C(C1=NCCO1)(c1nc2c(F)cc(F)cc2c2ccccc12)C(F)(F)F. The third kappa shape index (κ3) is 2.70. The number of nitrogens with zero attached hydrogens (tertiary/aromatic N) is 2. The van der Waals surface area contributed by atoms with Crippen LogP contribution in [0.25, 0.3) is 21.7 Å². The van der Waals surface area contributed by atoms with Crippen LogP contribution in [0.3, 0.4) is 0 Å². The number of benzene rings is 2. The highest BCUT2D eigenvalue weighted by Gasteiger charge is 2.70. The molecular formula is C20H13F5N2O3. The Morgan fingerprint density at radius 3 is 2.40 bits per heavy atom. The normalized spacial score (nSPS) is 16.3. The summed E-state index contributed by atoms with van der Waals surface area (Å²) in [7, 11) is 0.789. The number of halogens is 5. The largest absolute Gasteiger partial charge is 0.478 e. The molecule has 0 radical (unpaired) electrons. The Balaban J connectivity index is 2.24. The molecule has 30 heavy (non-hydrogen) atoms. The summed E-state index contributed by atoms with van der Waals surface area (Å²) in [5.41, 5.74) is -4.90. The molecular weight excluding hydrogens is 411 g/mol. The second-order valence-corrected chi connectivity index (χ2v) is 6.56. The van der Waals surface area contributed by atoms with Gasteiger partial charge in [0, 0.05) is 16.8 Å². The summed E-state index contributed by atoms with van der Waals surface area (Å²) in [4.78, 5) is 20.3. The molecule has 0 amide bonds. The van der Waals surface area contributed by atoms with Gasteiger partial charge < -0.3 is 9.47 Å². The van der Waals surface area contributed by atoms with Crippen LogP contribution < -0.4 is 0 Å². The van der Waals surface area contributed by atoms with E-state index in [4.69, 9.17) is 4.74 Å². The van der Waals surface area contributed by atoms with E-state index in [-0.39, 0.29) is 29.3 Å². The number of alkyl halides is 3. The Morgan fingerprint density at radius 2 is 1.80 bits per heavy atom. The molecule has 0 saturated carbocycles. The van der Waals surface area contributed by atoms with Gasteiger partial charge in [-0.05, 0) is 11.5 Å². The number of hydrogen-bond acceptors (Lipinski definition) is 5. The molecule has 4 rings (SSSR count). The molecule has 1 unspecified atom stereocenters. The number of carbonyl (C=O) groups is 1. The quantitative estimate of drug-likeness (QED) is 0.361. The van der Waals surface area contributed by atoms with E-state index in [9.17, 15) is 26.7 Å². The van der Waals surface area contributed by atoms with Crippen molar-refractivity contribution >= 4 is 33.5 Å². The van der Waals surface area contributed by atoms with Crippen molar-refractivity contribution in [3.05, 3.63) is 53.7 Å². The molecule has 0 spiro atoms. The lowest BCUT2D eigenvalue weighted by molar-refractivity contribution is -0.195. The summed E-state index contributed by atoms with van der Waals surface area (Å²) in [6.07, 6.45) is -5.29. The van der Waals surface area contributed by atoms with Gasteiger partial charge >= 0.3 is 12.1 Å². The molecule has 5 nitrogen and oxygen atoms in total. The molecule has 2 aromatic carbocycles. The zero-order valence-corrected chi connectivity index (χ0v) is 15.4. The van der Waals surface area contributed by atoms with Gasteiger partial charge in [-0.2, -0.15) is 13.2 Å². The number of hydrogen-bond donors (Lipinski definition) is 0. The summed E-state index contributed by atoms with van der Waals surface area (Å²) in [6.45, 7) is -0.273. The Hall–Kier alpha value is -3.30. The molecule has 1 atom stereocenters. The molecule has 10 heteroatoms. The first kappa shape index (κ1) is 20.0. The Labute approximate surface area is 166 Å². The predicted octanol–water partition coefficient (Wildman–Crippen LogP) is 4.07. The van der Waals surface area contributed by atoms with Crippen LogP contribution in [0.4, 0.5) is 22.0 Å². The van der Waals surface area contributed by atoms with Crippen LogP contribution in [0.1, 0.15) is 5.69 Å². The fraction of sp³-hybridized carbons (Fsp3) is 0.250. The van der Waals surface area contributed by atoms with Crippen molar-refractivity contribution in [3.63, 3.8) is 0 Å². The first-order valence-corrected chi connectivity index (χ1v) is 8.72. The van der Waals surface area contributed by atoms with Gasteiger partial charge in [-0.1, -0.05) is 24.3 Å². The maximum absolute atomic E-state index is 14.6. The number of carbonyl (C=O) groups excluding carboxylic acids is 1. The number of methoxy groups -OCH3 is 1. The van der Waals surface area contributed by atoms with E-state index in [2.05, 4.69) is 14.7 Å². The van der Waals surface area contributed by atoms with E-state index in [0.717, 1.165) is 13.2 Å². The molecule has 0 bridgehead atoms. The number of aromatic nitrogens is 1. The molecule has 0 saturated heterocycles. The van der Waals surface area contributed by atoms with Crippen LogP contribution in [0.2, 0.25) is 0 Å². The number of fused-ring (bicyclic) bond motifs is 3. The monoisotopic (exact) mass is 424 g/mol. The average molecular weight is 424 g/mol. The lowest BCUT2D eigenvalue weighted by Crippen LogP contribution is -2.56. The summed E-state index contributed by atoms with van der Waals surface area (Å²) in [5.74, 6) is -4.75. The highest BCUT2D eigenvalue weighted by molar-refractivity contribution is 6.15. The Morgan fingerprint density at radius 1 is 1.10 bits per heavy atom. The smallest absolute Gasteiger partial charge is 0.419 e. The molecule has 0 fully saturated rings. The van der Waals surface area contributed by atoms with Gasteiger partial charge in [0.1, 0.15) is 17.9 Å². The van der Waals surface area contributed by atoms with E-state index in [1.54, 1.807) is 0 Å². The summed E-state index contributed by atoms with van der Waals surface area (Å²) < 4.78 is 81.7. The molecule has 0 aliphatic carbocycles. The second kappa shape index (κ2) is 6.89. The van der Waals surface area contributed by atoms with Gasteiger partial charge in [0.2, 0.25) is 5.90 Å². The molecule has 3 aromatic rings. The number of pyridine rings is 1. The van der Waals surface area contributed by atoms with Gasteiger partial charge in [-0.15, -0.1) is 0 Å². The van der Waals surface area contributed by atoms with E-state index in [0.29, 0.717) is 6.07 Å². The first-order valence-electron chi connectivity index (χ1n) is 8.72. The summed E-state index contributed by atoms with van der Waals surface area (Å²) in [5, 5.41) is -0.106. The summed E-state index contributed by atoms with van der Waals surface area (Å²) in [6, 6.07) is 7.05. The molecule has 1 aliphatic rings. The summed E-state index contributed by atoms with van der Waals surface area (Å²) >= 11 is 0. The van der Waals surface area contributed by atoms with Crippen molar-refractivity contribution in [3.8, 4) is 0 Å². The molecule has 1 aromatic heterocycles. The van der Waals surface area contributed by atoms with Crippen LogP contribution in [0.5, 0.6) is 0 Å². The number of rotatable bonds is 3. The van der Waals surface area contributed by atoms with E-state index >= 15 is 0 Å². The Kier molecular flexibility index (Phi) is 4.59. The standard InChI is InChI=1S/C20H13F5N2O3/c1-29-18(28)19(20(23,24)25,17-26-6-7-30-17)16-12-5-3-2-4-11(12)13-8-10(21)9-14(22)15(13)27-16/h2-5,8-9H,6-7H2,1H3. The van der Waals surface area contributed by atoms with Crippen LogP contribution in [0, 0.1) is 11.6 Å². The number of aliphatic imine (C=N–C) groups is 1. The van der Waals surface area contributed by atoms with Gasteiger partial charge in [-0.3, -0.25) is 9.79 Å². The van der Waals surface area contributed by atoms with Crippen molar-refractivity contribution < 1.29 is 36.2 Å². The maximum atomic E-state index is 14.6. The van der Waals surface area contributed by atoms with Crippen molar-refractivity contribution in [1.82, 2.24) is 4.98 Å². The highest BCUT2D eigenvalue weighted by Crippen LogP contribution is 2.47. The lowest BCUT2D eigenvalue weighted by Gasteiger charge is -2.32. The minimum Gasteiger partial charge on any atom is -0.478 e. The lowest BCUT2D eigenvalue weighted by atomic mass is 9.79. The maximum Gasteiger partial charge on any atom is 0.419 e. The van der Waals surface area contributed by atoms with E-state index < -0.39 is 46.3 Å². The minimum atomic E-state index is -5.29. The van der Waals surface area contributed by atoms with E-state index in [1.807, 2.05) is 0 Å². The van der Waals surface area contributed by atoms with Crippen LogP contribution in [0.15, 0.2) is 41.4 Å². The molecule has 0 N–H and O–H groups in total.